The molecule has 44 heavy (non-hydrogen) atoms. The van der Waals surface area contributed by atoms with Gasteiger partial charge in [0.1, 0.15) is 0 Å². The van der Waals surface area contributed by atoms with Crippen molar-refractivity contribution in [1.82, 2.24) is 0 Å². The zero-order chi connectivity index (χ0) is 33.8. The minimum atomic E-state index is -2.81. The summed E-state index contributed by atoms with van der Waals surface area (Å²) < 4.78 is 19.8. The van der Waals surface area contributed by atoms with Gasteiger partial charge in [-0.1, -0.05) is 134 Å². The molecule has 0 unspecified atom stereocenters. The van der Waals surface area contributed by atoms with Gasteiger partial charge in [-0.15, -0.1) is 33.2 Å². The monoisotopic (exact) mass is 710 g/mol. The molecule has 0 fully saturated rings. The van der Waals surface area contributed by atoms with Crippen LogP contribution < -0.4 is 5.19 Å². The number of benzene rings is 1. The lowest BCUT2D eigenvalue weighted by Crippen LogP contribution is -2.57. The van der Waals surface area contributed by atoms with Crippen molar-refractivity contribution in [1.29, 1.82) is 0 Å². The molecule has 0 aliphatic carbocycles. The fourth-order valence-corrected chi connectivity index (χ4v) is 10.7. The lowest BCUT2D eigenvalue weighted by atomic mass is 10.0. The van der Waals surface area contributed by atoms with Crippen LogP contribution in [-0.2, 0) is 13.3 Å². The van der Waals surface area contributed by atoms with Gasteiger partial charge in [-0.05, 0) is 73.9 Å². The number of rotatable bonds is 21. The molecule has 1 aromatic rings. The number of unbranched alkanes of at least 4 members (excludes halogenated alkanes) is 15. The molecule has 1 aromatic carbocycles. The highest BCUT2D eigenvalue weighted by Crippen LogP contribution is 2.33. The van der Waals surface area contributed by atoms with Crippen LogP contribution in [0.3, 0.4) is 0 Å². The Bertz CT molecular complexity index is 772. The van der Waals surface area contributed by atoms with E-state index >= 15 is 0 Å². The molecule has 0 aliphatic heterocycles. The van der Waals surface area contributed by atoms with Gasteiger partial charge in [0.2, 0.25) is 0 Å². The third-order valence-corrected chi connectivity index (χ3v) is 13.5. The van der Waals surface area contributed by atoms with Crippen LogP contribution in [0.4, 0.5) is 0 Å². The van der Waals surface area contributed by atoms with Gasteiger partial charge in [0, 0.05) is 6.04 Å². The fourth-order valence-electron chi connectivity index (χ4n) is 5.13. The lowest BCUT2D eigenvalue weighted by Gasteiger charge is -2.43. The highest BCUT2D eigenvalue weighted by Gasteiger charge is 2.49. The van der Waals surface area contributed by atoms with Crippen LogP contribution in [0.5, 0.6) is 0 Å². The van der Waals surface area contributed by atoms with E-state index in [1.165, 1.54) is 96.3 Å². The Morgan fingerprint density at radius 2 is 0.773 bits per heavy atom. The van der Waals surface area contributed by atoms with Crippen LogP contribution in [0.1, 0.15) is 172 Å². The van der Waals surface area contributed by atoms with Gasteiger partial charge >= 0.3 is 14.8 Å². The van der Waals surface area contributed by atoms with E-state index in [1.807, 2.05) is 30.3 Å². The van der Waals surface area contributed by atoms with Crippen molar-refractivity contribution in [2.75, 3.05) is 0 Å². The summed E-state index contributed by atoms with van der Waals surface area (Å²) in [4.78, 5) is 0. The molecular formula is C36H69Cl3O3Si2. The van der Waals surface area contributed by atoms with E-state index in [-0.39, 0.29) is 16.8 Å². The summed E-state index contributed by atoms with van der Waals surface area (Å²) in [5, 5.41) is 0.833. The second-order valence-corrected chi connectivity index (χ2v) is 26.1. The second-order valence-electron chi connectivity index (χ2n) is 15.2. The minimum absolute atomic E-state index is 0.280. The first-order valence-electron chi connectivity index (χ1n) is 17.5. The Hall–Kier alpha value is 0.404. The molecule has 0 amide bonds. The zero-order valence-electron chi connectivity index (χ0n) is 30.3. The molecule has 0 saturated heterocycles. The van der Waals surface area contributed by atoms with Crippen molar-refractivity contribution in [3.63, 3.8) is 0 Å². The predicted octanol–water partition coefficient (Wildman–Crippen LogP) is 13.2. The summed E-state index contributed by atoms with van der Waals surface area (Å²) in [6.45, 7) is 21.3. The van der Waals surface area contributed by atoms with Gasteiger partial charge < -0.3 is 13.3 Å². The van der Waals surface area contributed by atoms with Crippen molar-refractivity contribution in [2.24, 2.45) is 0 Å². The van der Waals surface area contributed by atoms with Crippen molar-refractivity contribution in [3.05, 3.63) is 30.3 Å². The largest absolute Gasteiger partial charge is 0.502 e. The first-order chi connectivity index (χ1) is 20.3. The predicted molar refractivity (Wildman–Crippen MR) is 202 cm³/mol. The molecule has 0 bridgehead atoms. The van der Waals surface area contributed by atoms with E-state index < -0.39 is 14.8 Å². The fraction of sp³-hybridized carbons (Fsp3) is 0.833. The first-order valence-corrected chi connectivity index (χ1v) is 24.5. The standard InChI is InChI=1S/C30H64O3Si.C6H5Cl3Si/c1-11-12-13-14-15-16-17-18-19-20-21-22-23-24-25-26-27-34(31-28(2,3)4,32-29(5,6)7)33-30(8,9)10;7-10(8,9)6-4-2-1-3-5-6/h11-27H2,1-10H3;1-5H. The minimum Gasteiger partial charge on any atom is -0.368 e. The first kappa shape index (κ1) is 44.4. The van der Waals surface area contributed by atoms with Crippen molar-refractivity contribution in [3.8, 4) is 0 Å². The van der Waals surface area contributed by atoms with Gasteiger partial charge in [-0.25, -0.2) is 0 Å². The van der Waals surface area contributed by atoms with Gasteiger partial charge in [0.25, 0.3) is 0 Å². The van der Waals surface area contributed by atoms with Crippen molar-refractivity contribution >= 4 is 53.2 Å². The molecule has 0 N–H and O–H groups in total. The van der Waals surface area contributed by atoms with E-state index in [4.69, 9.17) is 46.5 Å². The summed E-state index contributed by atoms with van der Waals surface area (Å²) in [7, 11) is -2.81. The Balaban J connectivity index is 0.00000155. The SMILES string of the molecule is CCCCCCCCCCCCCCCCCC[Si](OC(C)(C)C)(OC(C)(C)C)OC(C)(C)C.Cl[Si](Cl)(Cl)c1ccccc1. The summed E-state index contributed by atoms with van der Waals surface area (Å²) in [5.41, 5.74) is -0.840. The van der Waals surface area contributed by atoms with Crippen molar-refractivity contribution in [2.45, 2.75) is 195 Å². The second kappa shape index (κ2) is 22.9. The van der Waals surface area contributed by atoms with Crippen LogP contribution in [0, 0.1) is 0 Å². The molecule has 0 aliphatic rings. The van der Waals surface area contributed by atoms with Crippen molar-refractivity contribution < 1.29 is 13.3 Å². The molecule has 0 heterocycles. The normalized spacial score (nSPS) is 13.1. The molecule has 0 atom stereocenters. The quantitative estimate of drug-likeness (QED) is 0.0722. The average molecular weight is 712 g/mol. The molecule has 260 valence electrons. The number of hydrogen-bond acceptors (Lipinski definition) is 3. The van der Waals surface area contributed by atoms with Gasteiger partial charge in [-0.2, -0.15) is 0 Å². The topological polar surface area (TPSA) is 27.7 Å². The van der Waals surface area contributed by atoms with Crippen LogP contribution >= 0.6 is 33.2 Å². The molecule has 1 rings (SSSR count). The zero-order valence-corrected chi connectivity index (χ0v) is 34.5. The number of halogens is 3. The van der Waals surface area contributed by atoms with E-state index in [2.05, 4.69) is 69.2 Å². The van der Waals surface area contributed by atoms with E-state index in [9.17, 15) is 0 Å². The molecule has 0 aromatic heterocycles. The van der Waals surface area contributed by atoms with Crippen LogP contribution in [0.2, 0.25) is 6.04 Å². The maximum absolute atomic E-state index is 6.60. The Labute approximate surface area is 290 Å². The average Bonchev–Trinajstić information content (AvgIpc) is 2.86. The molecule has 8 heteroatoms. The maximum atomic E-state index is 6.60. The molecule has 0 radical (unpaired) electrons. The van der Waals surface area contributed by atoms with Gasteiger partial charge in [0.15, 0.2) is 0 Å². The summed E-state index contributed by atoms with van der Waals surface area (Å²) in [6, 6.07) is 7.58. The van der Waals surface area contributed by atoms with E-state index in [1.54, 1.807) is 0 Å². The Morgan fingerprint density at radius 3 is 1.02 bits per heavy atom. The summed E-state index contributed by atoms with van der Waals surface area (Å²) in [6.07, 6.45) is 22.1. The highest BCUT2D eigenvalue weighted by molar-refractivity contribution is 7.69. The van der Waals surface area contributed by atoms with Crippen LogP contribution in [0.25, 0.3) is 0 Å². The maximum Gasteiger partial charge on any atom is 0.502 e. The Morgan fingerprint density at radius 1 is 0.477 bits per heavy atom. The molecule has 3 nitrogen and oxygen atoms in total. The molecule has 0 spiro atoms. The number of hydrogen-bond donors (Lipinski definition) is 0. The Kier molecular flexibility index (Phi) is 23.1. The van der Waals surface area contributed by atoms with Gasteiger partial charge in [-0.3, -0.25) is 0 Å². The lowest BCUT2D eigenvalue weighted by molar-refractivity contribution is -0.0755. The summed E-state index contributed by atoms with van der Waals surface area (Å²) >= 11 is 17.2. The highest BCUT2D eigenvalue weighted by atomic mass is 35.8. The summed E-state index contributed by atoms with van der Waals surface area (Å²) in [5.74, 6) is 0. The molecule has 0 saturated carbocycles. The van der Waals surface area contributed by atoms with E-state index in [0.717, 1.165) is 17.7 Å². The molecular weight excluding hydrogens is 643 g/mol. The smallest absolute Gasteiger partial charge is 0.368 e. The van der Waals surface area contributed by atoms with E-state index in [0.29, 0.717) is 0 Å². The van der Waals surface area contributed by atoms with Gasteiger partial charge in [0.05, 0.1) is 16.8 Å². The van der Waals surface area contributed by atoms with Crippen LogP contribution in [0.15, 0.2) is 30.3 Å². The van der Waals surface area contributed by atoms with Crippen LogP contribution in [-0.4, -0.2) is 31.6 Å². The third-order valence-electron chi connectivity index (χ3n) is 6.82. The third kappa shape index (κ3) is 27.5.